The third-order valence-corrected chi connectivity index (χ3v) is 2.72. The molecule has 0 bridgehead atoms. The Balaban J connectivity index is 1.99. The van der Waals surface area contributed by atoms with Gasteiger partial charge in [-0.1, -0.05) is 22.0 Å². The molecule has 0 aliphatic rings. The molecule has 0 aliphatic carbocycles. The second-order valence-electron chi connectivity index (χ2n) is 3.61. The van der Waals surface area contributed by atoms with Crippen molar-refractivity contribution in [3.8, 4) is 0 Å². The Kier molecular flexibility index (Phi) is 4.25. The summed E-state index contributed by atoms with van der Waals surface area (Å²) in [6.07, 6.45) is 6.61. The Hall–Kier alpha value is -1.94. The summed E-state index contributed by atoms with van der Waals surface area (Å²) in [4.78, 5) is 15.6. The van der Waals surface area contributed by atoms with Crippen molar-refractivity contribution in [3.63, 3.8) is 0 Å². The zero-order chi connectivity index (χ0) is 12.8. The van der Waals surface area contributed by atoms with E-state index >= 15 is 0 Å². The number of aromatic nitrogens is 1. The molecule has 2 rings (SSSR count). The third kappa shape index (κ3) is 3.82. The van der Waals surface area contributed by atoms with Crippen LogP contribution in [0.5, 0.6) is 0 Å². The molecule has 0 unspecified atom stereocenters. The lowest BCUT2D eigenvalue weighted by atomic mass is 10.2. The van der Waals surface area contributed by atoms with Crippen LogP contribution in [-0.4, -0.2) is 10.9 Å². The van der Waals surface area contributed by atoms with E-state index in [4.69, 9.17) is 0 Å². The highest BCUT2D eigenvalue weighted by Gasteiger charge is 1.97. The van der Waals surface area contributed by atoms with Gasteiger partial charge in [0.05, 0.1) is 0 Å². The van der Waals surface area contributed by atoms with Gasteiger partial charge in [-0.25, -0.2) is 0 Å². The smallest absolute Gasteiger partial charge is 0.248 e. The van der Waals surface area contributed by atoms with E-state index in [1.54, 1.807) is 18.5 Å². The molecule has 1 heterocycles. The standard InChI is InChI=1S/C14H11BrN2O/c15-12-2-1-3-13(10-12)17-14(18)5-4-11-6-8-16-9-7-11/h1-10H,(H,17,18)/b5-4+. The number of pyridine rings is 1. The van der Waals surface area contributed by atoms with Crippen molar-refractivity contribution in [2.24, 2.45) is 0 Å². The number of anilines is 1. The van der Waals surface area contributed by atoms with Crippen molar-refractivity contribution in [1.29, 1.82) is 0 Å². The average molecular weight is 303 g/mol. The van der Waals surface area contributed by atoms with E-state index in [1.807, 2.05) is 36.4 Å². The fourth-order valence-electron chi connectivity index (χ4n) is 1.40. The quantitative estimate of drug-likeness (QED) is 0.882. The molecule has 0 saturated heterocycles. The lowest BCUT2D eigenvalue weighted by molar-refractivity contribution is -0.111. The Morgan fingerprint density at radius 3 is 2.72 bits per heavy atom. The van der Waals surface area contributed by atoms with Gasteiger partial charge in [-0.2, -0.15) is 0 Å². The van der Waals surface area contributed by atoms with E-state index in [0.29, 0.717) is 0 Å². The number of halogens is 1. The molecule has 1 amide bonds. The van der Waals surface area contributed by atoms with Gasteiger partial charge in [0, 0.05) is 28.6 Å². The van der Waals surface area contributed by atoms with Crippen LogP contribution in [-0.2, 0) is 4.79 Å². The van der Waals surface area contributed by atoms with Gasteiger partial charge in [-0.3, -0.25) is 9.78 Å². The van der Waals surface area contributed by atoms with E-state index in [0.717, 1.165) is 15.7 Å². The number of hydrogen-bond acceptors (Lipinski definition) is 2. The summed E-state index contributed by atoms with van der Waals surface area (Å²) in [7, 11) is 0. The van der Waals surface area contributed by atoms with Crippen LogP contribution in [0.25, 0.3) is 6.08 Å². The maximum atomic E-state index is 11.7. The van der Waals surface area contributed by atoms with Crippen LogP contribution in [0.15, 0.2) is 59.3 Å². The molecule has 4 heteroatoms. The van der Waals surface area contributed by atoms with Gasteiger partial charge in [-0.05, 0) is 42.0 Å². The minimum Gasteiger partial charge on any atom is -0.322 e. The number of hydrogen-bond donors (Lipinski definition) is 1. The van der Waals surface area contributed by atoms with E-state index in [1.165, 1.54) is 6.08 Å². The molecule has 0 saturated carbocycles. The summed E-state index contributed by atoms with van der Waals surface area (Å²) in [5, 5.41) is 2.78. The Labute approximate surface area is 114 Å². The van der Waals surface area contributed by atoms with Crippen molar-refractivity contribution >= 4 is 33.6 Å². The first kappa shape index (κ1) is 12.5. The van der Waals surface area contributed by atoms with Crippen LogP contribution in [0, 0.1) is 0 Å². The summed E-state index contributed by atoms with van der Waals surface area (Å²) in [6.45, 7) is 0. The first-order chi connectivity index (χ1) is 8.74. The Morgan fingerprint density at radius 2 is 2.00 bits per heavy atom. The number of nitrogens with zero attached hydrogens (tertiary/aromatic N) is 1. The highest BCUT2D eigenvalue weighted by Crippen LogP contribution is 2.15. The highest BCUT2D eigenvalue weighted by molar-refractivity contribution is 9.10. The minimum absolute atomic E-state index is 0.162. The highest BCUT2D eigenvalue weighted by atomic mass is 79.9. The number of amides is 1. The molecule has 2 aromatic rings. The van der Waals surface area contributed by atoms with Gasteiger partial charge < -0.3 is 5.32 Å². The number of benzene rings is 1. The second-order valence-corrected chi connectivity index (χ2v) is 4.53. The maximum Gasteiger partial charge on any atom is 0.248 e. The first-order valence-electron chi connectivity index (χ1n) is 5.39. The molecule has 0 atom stereocenters. The van der Waals surface area contributed by atoms with Crippen LogP contribution < -0.4 is 5.32 Å². The van der Waals surface area contributed by atoms with Gasteiger partial charge >= 0.3 is 0 Å². The minimum atomic E-state index is -0.162. The first-order valence-corrected chi connectivity index (χ1v) is 6.18. The van der Waals surface area contributed by atoms with Gasteiger partial charge in [0.25, 0.3) is 0 Å². The van der Waals surface area contributed by atoms with Crippen LogP contribution in [0.2, 0.25) is 0 Å². The Bertz CT molecular complexity index is 567. The van der Waals surface area contributed by atoms with E-state index in [9.17, 15) is 4.79 Å². The number of carbonyl (C=O) groups is 1. The fourth-order valence-corrected chi connectivity index (χ4v) is 1.80. The number of rotatable bonds is 3. The molecule has 0 fully saturated rings. The topological polar surface area (TPSA) is 42.0 Å². The zero-order valence-electron chi connectivity index (χ0n) is 9.51. The van der Waals surface area contributed by atoms with Gasteiger partial charge in [-0.15, -0.1) is 0 Å². The van der Waals surface area contributed by atoms with Crippen molar-refractivity contribution < 1.29 is 4.79 Å². The van der Waals surface area contributed by atoms with Crippen LogP contribution in [0.1, 0.15) is 5.56 Å². The molecule has 0 radical (unpaired) electrons. The van der Waals surface area contributed by atoms with Gasteiger partial charge in [0.2, 0.25) is 5.91 Å². The van der Waals surface area contributed by atoms with E-state index in [2.05, 4.69) is 26.2 Å². The van der Waals surface area contributed by atoms with E-state index in [-0.39, 0.29) is 5.91 Å². The molecule has 1 N–H and O–H groups in total. The van der Waals surface area contributed by atoms with Crippen molar-refractivity contribution in [2.75, 3.05) is 5.32 Å². The van der Waals surface area contributed by atoms with E-state index < -0.39 is 0 Å². The zero-order valence-corrected chi connectivity index (χ0v) is 11.1. The second kappa shape index (κ2) is 6.12. The van der Waals surface area contributed by atoms with Gasteiger partial charge in [0.15, 0.2) is 0 Å². The SMILES string of the molecule is O=C(/C=C/c1ccncc1)Nc1cccc(Br)c1. The fraction of sp³-hybridized carbons (Fsp3) is 0. The van der Waals surface area contributed by atoms with Crippen LogP contribution in [0.3, 0.4) is 0 Å². The van der Waals surface area contributed by atoms with Crippen LogP contribution in [0.4, 0.5) is 5.69 Å². The number of carbonyl (C=O) groups excluding carboxylic acids is 1. The van der Waals surface area contributed by atoms with Crippen LogP contribution >= 0.6 is 15.9 Å². The molecular weight excluding hydrogens is 292 g/mol. The summed E-state index contributed by atoms with van der Waals surface area (Å²) in [5.74, 6) is -0.162. The predicted molar refractivity (Wildman–Crippen MR) is 76.0 cm³/mol. The maximum absolute atomic E-state index is 11.7. The monoisotopic (exact) mass is 302 g/mol. The summed E-state index contributed by atoms with van der Waals surface area (Å²) in [5.41, 5.74) is 1.70. The summed E-state index contributed by atoms with van der Waals surface area (Å²) < 4.78 is 0.929. The van der Waals surface area contributed by atoms with Crippen molar-refractivity contribution in [2.45, 2.75) is 0 Å². The lowest BCUT2D eigenvalue weighted by Gasteiger charge is -2.01. The largest absolute Gasteiger partial charge is 0.322 e. The predicted octanol–water partition coefficient (Wildman–Crippen LogP) is 3.50. The average Bonchev–Trinajstić information content (AvgIpc) is 2.38. The molecule has 1 aromatic heterocycles. The molecular formula is C14H11BrN2O. The summed E-state index contributed by atoms with van der Waals surface area (Å²) in [6, 6.07) is 11.1. The van der Waals surface area contributed by atoms with Crippen molar-refractivity contribution in [1.82, 2.24) is 4.98 Å². The van der Waals surface area contributed by atoms with Gasteiger partial charge in [0.1, 0.15) is 0 Å². The molecule has 0 spiro atoms. The molecule has 18 heavy (non-hydrogen) atoms. The lowest BCUT2D eigenvalue weighted by Crippen LogP contribution is -2.07. The summed E-state index contributed by atoms with van der Waals surface area (Å²) >= 11 is 3.35. The Morgan fingerprint density at radius 1 is 1.22 bits per heavy atom. The molecule has 90 valence electrons. The molecule has 3 nitrogen and oxygen atoms in total. The normalized spacial score (nSPS) is 10.5. The third-order valence-electron chi connectivity index (χ3n) is 2.23. The molecule has 1 aromatic carbocycles. The van der Waals surface area contributed by atoms with Crippen molar-refractivity contribution in [3.05, 3.63) is 64.9 Å². The molecule has 0 aliphatic heterocycles. The number of nitrogens with one attached hydrogen (secondary N) is 1.